The normalized spacial score (nSPS) is 12.5. The van der Waals surface area contributed by atoms with Gasteiger partial charge in [-0.05, 0) is 59.2 Å². The fourth-order valence-electron chi connectivity index (χ4n) is 3.09. The Kier molecular flexibility index (Phi) is 7.75. The number of aromatic nitrogens is 2. The zero-order valence-corrected chi connectivity index (χ0v) is 21.8. The summed E-state index contributed by atoms with van der Waals surface area (Å²) in [6.45, 7) is 10.0. The van der Waals surface area contributed by atoms with Gasteiger partial charge in [-0.2, -0.15) is 8.42 Å². The van der Waals surface area contributed by atoms with Crippen molar-refractivity contribution in [1.82, 2.24) is 9.55 Å². The molecular formula is C22H29BrN2O4SSi. The van der Waals surface area contributed by atoms with Crippen LogP contribution in [-0.2, 0) is 32.2 Å². The second-order valence-corrected chi connectivity index (χ2v) is 16.8. The molecule has 0 unspecified atom stereocenters. The highest BCUT2D eigenvalue weighted by atomic mass is 79.9. The molecular weight excluding hydrogens is 496 g/mol. The van der Waals surface area contributed by atoms with Crippen LogP contribution < -0.4 is 0 Å². The molecule has 0 aliphatic heterocycles. The van der Waals surface area contributed by atoms with E-state index in [9.17, 15) is 8.42 Å². The standard InChI is InChI=1S/C22H29BrN2O4SSi/c1-17-5-7-19(8-6-17)30(26,27)29-12-11-18-15-20-21(9-10-22(23)24-20)25(18)16-28-13-14-31(2,3)4/h5-10,15H,11-14,16H2,1-4H3. The molecule has 0 spiro atoms. The fourth-order valence-corrected chi connectivity index (χ4v) is 5.08. The first-order chi connectivity index (χ1) is 14.5. The Morgan fingerprint density at radius 2 is 1.77 bits per heavy atom. The first kappa shape index (κ1) is 24.1. The number of ether oxygens (including phenoxy) is 1. The summed E-state index contributed by atoms with van der Waals surface area (Å²) in [6, 6.07) is 13.6. The van der Waals surface area contributed by atoms with Gasteiger partial charge in [-0.15, -0.1) is 0 Å². The van der Waals surface area contributed by atoms with E-state index in [2.05, 4.69) is 40.6 Å². The largest absolute Gasteiger partial charge is 0.361 e. The second kappa shape index (κ2) is 9.95. The maximum absolute atomic E-state index is 12.5. The number of fused-ring (bicyclic) bond motifs is 1. The van der Waals surface area contributed by atoms with Crippen molar-refractivity contribution in [1.29, 1.82) is 0 Å². The van der Waals surface area contributed by atoms with Crippen molar-refractivity contribution in [3.63, 3.8) is 0 Å². The van der Waals surface area contributed by atoms with Crippen LogP contribution in [0.2, 0.25) is 25.7 Å². The lowest BCUT2D eigenvalue weighted by Crippen LogP contribution is -2.22. The zero-order valence-electron chi connectivity index (χ0n) is 18.4. The molecule has 2 aromatic heterocycles. The van der Waals surface area contributed by atoms with Gasteiger partial charge in [0, 0.05) is 26.8 Å². The average Bonchev–Trinajstić information content (AvgIpc) is 3.01. The number of rotatable bonds is 10. The third-order valence-corrected chi connectivity index (χ3v) is 8.40. The minimum absolute atomic E-state index is 0.0443. The average molecular weight is 526 g/mol. The molecule has 1 aromatic carbocycles. The van der Waals surface area contributed by atoms with E-state index < -0.39 is 18.2 Å². The minimum Gasteiger partial charge on any atom is -0.361 e. The molecule has 9 heteroatoms. The zero-order chi connectivity index (χ0) is 22.6. The summed E-state index contributed by atoms with van der Waals surface area (Å²) in [7, 11) is -4.96. The molecule has 0 saturated heterocycles. The first-order valence-electron chi connectivity index (χ1n) is 10.2. The van der Waals surface area contributed by atoms with E-state index in [0.717, 1.165) is 32.9 Å². The van der Waals surface area contributed by atoms with Crippen molar-refractivity contribution in [2.45, 2.75) is 50.7 Å². The van der Waals surface area contributed by atoms with Crippen molar-refractivity contribution in [3.05, 3.63) is 58.3 Å². The van der Waals surface area contributed by atoms with E-state index in [0.29, 0.717) is 19.8 Å². The van der Waals surface area contributed by atoms with E-state index in [1.165, 1.54) is 0 Å². The van der Waals surface area contributed by atoms with Gasteiger partial charge in [-0.25, -0.2) is 4.98 Å². The SMILES string of the molecule is Cc1ccc(S(=O)(=O)OCCc2cc3nc(Br)ccc3n2COCC[Si](C)(C)C)cc1. The Balaban J connectivity index is 1.72. The number of halogens is 1. The van der Waals surface area contributed by atoms with Crippen LogP contribution in [0.5, 0.6) is 0 Å². The van der Waals surface area contributed by atoms with Crippen LogP contribution in [0.3, 0.4) is 0 Å². The smallest absolute Gasteiger partial charge is 0.296 e. The van der Waals surface area contributed by atoms with Gasteiger partial charge < -0.3 is 9.30 Å². The van der Waals surface area contributed by atoms with Gasteiger partial charge in [0.1, 0.15) is 11.3 Å². The van der Waals surface area contributed by atoms with Crippen LogP contribution in [0.1, 0.15) is 11.3 Å². The Hall–Kier alpha value is -1.52. The van der Waals surface area contributed by atoms with E-state index in [4.69, 9.17) is 8.92 Å². The third-order valence-electron chi connectivity index (χ3n) is 4.93. The Bertz CT molecular complexity index is 1140. The number of hydrogen-bond acceptors (Lipinski definition) is 5. The van der Waals surface area contributed by atoms with Crippen molar-refractivity contribution in [2.75, 3.05) is 13.2 Å². The summed E-state index contributed by atoms with van der Waals surface area (Å²) in [5, 5.41) is 0. The van der Waals surface area contributed by atoms with E-state index in [1.54, 1.807) is 24.3 Å². The number of pyridine rings is 1. The molecule has 3 rings (SSSR count). The molecule has 0 fully saturated rings. The molecule has 0 aliphatic carbocycles. The highest BCUT2D eigenvalue weighted by molar-refractivity contribution is 9.10. The van der Waals surface area contributed by atoms with Crippen molar-refractivity contribution < 1.29 is 17.3 Å². The van der Waals surface area contributed by atoms with Crippen LogP contribution in [0, 0.1) is 6.92 Å². The van der Waals surface area contributed by atoms with E-state index >= 15 is 0 Å². The van der Waals surface area contributed by atoms with Gasteiger partial charge in [0.05, 0.1) is 22.5 Å². The second-order valence-electron chi connectivity index (χ2n) is 8.79. The topological polar surface area (TPSA) is 70.4 Å². The molecule has 0 atom stereocenters. The minimum atomic E-state index is -3.79. The molecule has 0 saturated carbocycles. The van der Waals surface area contributed by atoms with Gasteiger partial charge in [0.15, 0.2) is 0 Å². The van der Waals surface area contributed by atoms with Crippen LogP contribution >= 0.6 is 15.9 Å². The predicted octanol–water partition coefficient (Wildman–Crippen LogP) is 5.37. The third kappa shape index (κ3) is 6.73. The van der Waals surface area contributed by atoms with Gasteiger partial charge in [0.2, 0.25) is 0 Å². The van der Waals surface area contributed by atoms with Crippen LogP contribution in [0.4, 0.5) is 0 Å². The molecule has 31 heavy (non-hydrogen) atoms. The van der Waals surface area contributed by atoms with Crippen molar-refractivity contribution in [2.24, 2.45) is 0 Å². The first-order valence-corrected chi connectivity index (χ1v) is 16.1. The predicted molar refractivity (Wildman–Crippen MR) is 130 cm³/mol. The molecule has 0 amide bonds. The van der Waals surface area contributed by atoms with Gasteiger partial charge in [0.25, 0.3) is 10.1 Å². The molecule has 0 aliphatic rings. The molecule has 0 radical (unpaired) electrons. The number of aryl methyl sites for hydroxylation is 1. The summed E-state index contributed by atoms with van der Waals surface area (Å²) in [4.78, 5) is 4.69. The Morgan fingerprint density at radius 3 is 2.45 bits per heavy atom. The molecule has 168 valence electrons. The Labute approximate surface area is 193 Å². The summed E-state index contributed by atoms with van der Waals surface area (Å²) in [6.07, 6.45) is 0.427. The van der Waals surface area contributed by atoms with E-state index in [-0.39, 0.29) is 11.5 Å². The van der Waals surface area contributed by atoms with Crippen molar-refractivity contribution >= 4 is 45.2 Å². The summed E-state index contributed by atoms with van der Waals surface area (Å²) >= 11 is 3.41. The Morgan fingerprint density at radius 1 is 1.06 bits per heavy atom. The quantitative estimate of drug-likeness (QED) is 0.154. The lowest BCUT2D eigenvalue weighted by molar-refractivity contribution is 0.0881. The summed E-state index contributed by atoms with van der Waals surface area (Å²) in [5.74, 6) is 0. The summed E-state index contributed by atoms with van der Waals surface area (Å²) in [5.41, 5.74) is 3.70. The molecule has 3 aromatic rings. The van der Waals surface area contributed by atoms with Gasteiger partial charge in [-0.3, -0.25) is 4.18 Å². The number of nitrogens with zero attached hydrogens (tertiary/aromatic N) is 2. The maximum atomic E-state index is 12.5. The van der Waals surface area contributed by atoms with Crippen molar-refractivity contribution in [3.8, 4) is 0 Å². The highest BCUT2D eigenvalue weighted by Gasteiger charge is 2.17. The molecule has 6 nitrogen and oxygen atoms in total. The molecule has 2 heterocycles. The van der Waals surface area contributed by atoms with Crippen LogP contribution in [0.25, 0.3) is 11.0 Å². The number of hydrogen-bond donors (Lipinski definition) is 0. The van der Waals surface area contributed by atoms with Gasteiger partial charge >= 0.3 is 0 Å². The highest BCUT2D eigenvalue weighted by Crippen LogP contribution is 2.22. The fraction of sp³-hybridized carbons (Fsp3) is 0.409. The molecule has 0 bridgehead atoms. The van der Waals surface area contributed by atoms with Crippen LogP contribution in [0.15, 0.2) is 52.0 Å². The monoisotopic (exact) mass is 524 g/mol. The lowest BCUT2D eigenvalue weighted by atomic mass is 10.2. The molecule has 0 N–H and O–H groups in total. The lowest BCUT2D eigenvalue weighted by Gasteiger charge is -2.17. The number of benzene rings is 1. The van der Waals surface area contributed by atoms with Gasteiger partial charge in [-0.1, -0.05) is 37.3 Å². The maximum Gasteiger partial charge on any atom is 0.296 e. The van der Waals surface area contributed by atoms with E-state index in [1.807, 2.05) is 29.7 Å². The summed E-state index contributed by atoms with van der Waals surface area (Å²) < 4.78 is 39.0. The van der Waals surface area contributed by atoms with Crippen LogP contribution in [-0.4, -0.2) is 39.3 Å².